The van der Waals surface area contributed by atoms with Gasteiger partial charge in [0.15, 0.2) is 0 Å². The number of halogens is 1. The van der Waals surface area contributed by atoms with E-state index in [9.17, 15) is 9.59 Å². The van der Waals surface area contributed by atoms with Gasteiger partial charge in [-0.15, -0.1) is 0 Å². The maximum Gasteiger partial charge on any atom is 0.305 e. The van der Waals surface area contributed by atoms with Crippen LogP contribution >= 0.6 is 11.6 Å². The number of esters is 1. The third-order valence-electron chi connectivity index (χ3n) is 3.04. The van der Waals surface area contributed by atoms with Crippen molar-refractivity contribution in [3.8, 4) is 0 Å². The van der Waals surface area contributed by atoms with Crippen LogP contribution < -0.4 is 11.1 Å². The number of rotatable bonds is 9. The van der Waals surface area contributed by atoms with E-state index < -0.39 is 5.91 Å². The van der Waals surface area contributed by atoms with Crippen LogP contribution in [0.4, 0.5) is 0 Å². The summed E-state index contributed by atoms with van der Waals surface area (Å²) in [5.41, 5.74) is 6.41. The number of ether oxygens (including phenoxy) is 1. The lowest BCUT2D eigenvalue weighted by Crippen LogP contribution is -2.33. The van der Waals surface area contributed by atoms with Crippen molar-refractivity contribution in [1.82, 2.24) is 5.32 Å². The molecule has 0 spiro atoms. The molecule has 0 saturated carbocycles. The zero-order valence-electron chi connectivity index (χ0n) is 12.1. The topological polar surface area (TPSA) is 81.4 Å². The van der Waals surface area contributed by atoms with Gasteiger partial charge in [0.2, 0.25) is 5.91 Å². The SMILES string of the molecule is CCOC(=O)CCC(CNCc1ccc(Cl)cc1)C(N)=O. The predicted octanol–water partition coefficient (Wildman–Crippen LogP) is 1.87. The zero-order valence-corrected chi connectivity index (χ0v) is 12.9. The summed E-state index contributed by atoms with van der Waals surface area (Å²) in [4.78, 5) is 22.7. The Kier molecular flexibility index (Phi) is 7.79. The quantitative estimate of drug-likeness (QED) is 0.682. The van der Waals surface area contributed by atoms with Crippen LogP contribution in [-0.2, 0) is 20.9 Å². The van der Waals surface area contributed by atoms with Crippen LogP contribution in [0.5, 0.6) is 0 Å². The summed E-state index contributed by atoms with van der Waals surface area (Å²) in [6, 6.07) is 7.44. The molecule has 1 rings (SSSR count). The van der Waals surface area contributed by atoms with E-state index in [1.165, 1.54) is 0 Å². The van der Waals surface area contributed by atoms with E-state index in [1.807, 2.05) is 24.3 Å². The number of primary amides is 1. The van der Waals surface area contributed by atoms with Gasteiger partial charge in [0.25, 0.3) is 0 Å². The van der Waals surface area contributed by atoms with Gasteiger partial charge in [0, 0.05) is 24.5 Å². The lowest BCUT2D eigenvalue weighted by atomic mass is 10.0. The van der Waals surface area contributed by atoms with Gasteiger partial charge in [0.05, 0.1) is 12.5 Å². The highest BCUT2D eigenvalue weighted by molar-refractivity contribution is 6.30. The average molecular weight is 313 g/mol. The molecule has 0 aliphatic rings. The maximum absolute atomic E-state index is 11.4. The molecule has 0 aromatic heterocycles. The summed E-state index contributed by atoms with van der Waals surface area (Å²) in [5.74, 6) is -1.11. The molecule has 0 radical (unpaired) electrons. The summed E-state index contributed by atoms with van der Waals surface area (Å²) >= 11 is 5.81. The molecule has 0 fully saturated rings. The number of hydrogen-bond donors (Lipinski definition) is 2. The molecule has 6 heteroatoms. The average Bonchev–Trinajstić information content (AvgIpc) is 2.44. The Labute approximate surface area is 129 Å². The number of amides is 1. The second kappa shape index (κ2) is 9.37. The number of carbonyl (C=O) groups is 2. The molecule has 1 atom stereocenters. The van der Waals surface area contributed by atoms with Crippen LogP contribution in [0.25, 0.3) is 0 Å². The number of benzene rings is 1. The van der Waals surface area contributed by atoms with Crippen LogP contribution in [0, 0.1) is 5.92 Å². The molecule has 1 aromatic carbocycles. The highest BCUT2D eigenvalue weighted by atomic mass is 35.5. The van der Waals surface area contributed by atoms with Crippen LogP contribution in [0.1, 0.15) is 25.3 Å². The zero-order chi connectivity index (χ0) is 15.7. The Morgan fingerprint density at radius 3 is 2.57 bits per heavy atom. The van der Waals surface area contributed by atoms with Crippen molar-refractivity contribution in [3.05, 3.63) is 34.9 Å². The molecule has 1 unspecified atom stereocenters. The fourth-order valence-electron chi connectivity index (χ4n) is 1.86. The van der Waals surface area contributed by atoms with Crippen LogP contribution in [0.3, 0.4) is 0 Å². The van der Waals surface area contributed by atoms with Crippen molar-refractivity contribution in [2.45, 2.75) is 26.3 Å². The highest BCUT2D eigenvalue weighted by Gasteiger charge is 2.17. The first kappa shape index (κ1) is 17.5. The first-order chi connectivity index (χ1) is 10.0. The number of carbonyl (C=O) groups excluding carboxylic acids is 2. The van der Waals surface area contributed by atoms with Crippen molar-refractivity contribution in [2.24, 2.45) is 11.7 Å². The Hall–Kier alpha value is -1.59. The van der Waals surface area contributed by atoms with Crippen LogP contribution in [-0.4, -0.2) is 25.0 Å². The fraction of sp³-hybridized carbons (Fsp3) is 0.467. The van der Waals surface area contributed by atoms with Gasteiger partial charge in [-0.2, -0.15) is 0 Å². The number of hydrogen-bond acceptors (Lipinski definition) is 4. The molecule has 116 valence electrons. The molecule has 5 nitrogen and oxygen atoms in total. The van der Waals surface area contributed by atoms with Crippen molar-refractivity contribution < 1.29 is 14.3 Å². The summed E-state index contributed by atoms with van der Waals surface area (Å²) in [7, 11) is 0. The second-order valence-corrected chi connectivity index (χ2v) is 5.14. The molecule has 0 saturated heterocycles. The van der Waals surface area contributed by atoms with Gasteiger partial charge in [-0.05, 0) is 31.0 Å². The van der Waals surface area contributed by atoms with E-state index in [1.54, 1.807) is 6.92 Å². The summed E-state index contributed by atoms with van der Waals surface area (Å²) < 4.78 is 4.83. The number of nitrogens with one attached hydrogen (secondary N) is 1. The molecule has 0 heterocycles. The summed E-state index contributed by atoms with van der Waals surface area (Å²) in [6.07, 6.45) is 0.589. The van der Waals surface area contributed by atoms with E-state index in [-0.39, 0.29) is 18.3 Å². The predicted molar refractivity (Wildman–Crippen MR) is 81.7 cm³/mol. The molecule has 0 aliphatic heterocycles. The van der Waals surface area contributed by atoms with Gasteiger partial charge in [-0.1, -0.05) is 23.7 Å². The minimum absolute atomic E-state index is 0.198. The minimum Gasteiger partial charge on any atom is -0.466 e. The van der Waals surface area contributed by atoms with E-state index in [4.69, 9.17) is 22.1 Å². The first-order valence-corrected chi connectivity index (χ1v) is 7.30. The van der Waals surface area contributed by atoms with Gasteiger partial charge in [0.1, 0.15) is 0 Å². The van der Waals surface area contributed by atoms with E-state index in [0.717, 1.165) is 5.56 Å². The van der Waals surface area contributed by atoms with Gasteiger partial charge < -0.3 is 15.8 Å². The van der Waals surface area contributed by atoms with E-state index >= 15 is 0 Å². The van der Waals surface area contributed by atoms with E-state index in [2.05, 4.69) is 5.32 Å². The Balaban J connectivity index is 2.35. The van der Waals surface area contributed by atoms with Crippen molar-refractivity contribution in [1.29, 1.82) is 0 Å². The normalized spacial score (nSPS) is 11.9. The van der Waals surface area contributed by atoms with Crippen molar-refractivity contribution >= 4 is 23.5 Å². The fourth-order valence-corrected chi connectivity index (χ4v) is 1.99. The smallest absolute Gasteiger partial charge is 0.305 e. The second-order valence-electron chi connectivity index (χ2n) is 4.70. The van der Waals surface area contributed by atoms with Crippen LogP contribution in [0.2, 0.25) is 5.02 Å². The third-order valence-corrected chi connectivity index (χ3v) is 3.29. The first-order valence-electron chi connectivity index (χ1n) is 6.93. The standard InChI is InChI=1S/C15H21ClN2O3/c1-2-21-14(19)8-5-12(15(17)20)10-18-9-11-3-6-13(16)7-4-11/h3-4,6-7,12,18H,2,5,8-10H2,1H3,(H2,17,20). The maximum atomic E-state index is 11.4. The highest BCUT2D eigenvalue weighted by Crippen LogP contribution is 2.10. The lowest BCUT2D eigenvalue weighted by molar-refractivity contribution is -0.143. The molecule has 1 amide bonds. The molecule has 0 aliphatic carbocycles. The molecular weight excluding hydrogens is 292 g/mol. The molecule has 21 heavy (non-hydrogen) atoms. The lowest BCUT2D eigenvalue weighted by Gasteiger charge is -2.14. The molecule has 3 N–H and O–H groups in total. The molecule has 1 aromatic rings. The number of nitrogens with two attached hydrogens (primary N) is 1. The van der Waals surface area contributed by atoms with Crippen molar-refractivity contribution in [3.63, 3.8) is 0 Å². The largest absolute Gasteiger partial charge is 0.466 e. The third kappa shape index (κ3) is 7.11. The monoisotopic (exact) mass is 312 g/mol. The van der Waals surface area contributed by atoms with Crippen LogP contribution in [0.15, 0.2) is 24.3 Å². The minimum atomic E-state index is -0.414. The van der Waals surface area contributed by atoms with Crippen molar-refractivity contribution in [2.75, 3.05) is 13.2 Å². The van der Waals surface area contributed by atoms with E-state index in [0.29, 0.717) is 31.1 Å². The van der Waals surface area contributed by atoms with Gasteiger partial charge in [-0.3, -0.25) is 9.59 Å². The molecule has 0 bridgehead atoms. The Morgan fingerprint density at radius 2 is 2.00 bits per heavy atom. The molecular formula is C15H21ClN2O3. The van der Waals surface area contributed by atoms with Gasteiger partial charge >= 0.3 is 5.97 Å². The Morgan fingerprint density at radius 1 is 1.33 bits per heavy atom. The Bertz CT molecular complexity index is 462. The summed E-state index contributed by atoms with van der Waals surface area (Å²) in [5, 5.41) is 3.85. The summed E-state index contributed by atoms with van der Waals surface area (Å²) in [6.45, 7) is 3.13. The van der Waals surface area contributed by atoms with Gasteiger partial charge in [-0.25, -0.2) is 0 Å².